The number of nitrogens with zero attached hydrogens (tertiary/aromatic N) is 5. The maximum atomic E-state index is 12.6. The molecule has 0 saturated carbocycles. The van der Waals surface area contributed by atoms with Gasteiger partial charge in [0.25, 0.3) is 5.56 Å². The zero-order valence-electron chi connectivity index (χ0n) is 14.2. The number of aromatic nitrogens is 6. The Hall–Kier alpha value is -3.95. The monoisotopic (exact) mass is 366 g/mol. The molecule has 0 spiro atoms. The highest BCUT2D eigenvalue weighted by Gasteiger charge is 2.14. The van der Waals surface area contributed by atoms with Gasteiger partial charge in [-0.1, -0.05) is 12.1 Å². The molecule has 0 radical (unpaired) electrons. The van der Waals surface area contributed by atoms with Gasteiger partial charge in [0, 0.05) is 6.20 Å². The first-order chi connectivity index (χ1) is 13.0. The lowest BCUT2D eigenvalue weighted by molar-refractivity contribution is 0.0697. The SMILES string of the molecule is COc1ccc(Cn2ncc3nc(-n4cc(C(=O)O)cn4)[nH]c(=O)c32)cc1. The molecule has 2 N–H and O–H groups in total. The minimum absolute atomic E-state index is 0.00653. The summed E-state index contributed by atoms with van der Waals surface area (Å²) in [5.41, 5.74) is 1.25. The molecule has 3 aromatic heterocycles. The van der Waals surface area contributed by atoms with Crippen LogP contribution in [0.4, 0.5) is 0 Å². The van der Waals surface area contributed by atoms with E-state index < -0.39 is 11.5 Å². The topological polar surface area (TPSA) is 128 Å². The highest BCUT2D eigenvalue weighted by atomic mass is 16.5. The van der Waals surface area contributed by atoms with Crippen LogP contribution in [0.3, 0.4) is 0 Å². The minimum Gasteiger partial charge on any atom is -0.497 e. The van der Waals surface area contributed by atoms with Crippen LogP contribution in [0.1, 0.15) is 15.9 Å². The molecule has 0 unspecified atom stereocenters. The first-order valence-electron chi connectivity index (χ1n) is 7.92. The fourth-order valence-electron chi connectivity index (χ4n) is 2.67. The summed E-state index contributed by atoms with van der Waals surface area (Å²) in [5, 5.41) is 17.1. The largest absolute Gasteiger partial charge is 0.497 e. The lowest BCUT2D eigenvalue weighted by atomic mass is 10.2. The molecule has 0 aliphatic carbocycles. The second-order valence-corrected chi connectivity index (χ2v) is 5.75. The molecule has 0 bridgehead atoms. The zero-order valence-corrected chi connectivity index (χ0v) is 14.2. The predicted molar refractivity (Wildman–Crippen MR) is 94.3 cm³/mol. The molecule has 0 saturated heterocycles. The number of carbonyl (C=O) groups is 1. The van der Waals surface area contributed by atoms with Crippen LogP contribution < -0.4 is 10.3 Å². The molecule has 27 heavy (non-hydrogen) atoms. The summed E-state index contributed by atoms with van der Waals surface area (Å²) in [5.74, 6) is -0.255. The molecule has 3 heterocycles. The Bertz CT molecular complexity index is 1190. The number of aromatic amines is 1. The van der Waals surface area contributed by atoms with Crippen molar-refractivity contribution >= 4 is 17.0 Å². The van der Waals surface area contributed by atoms with Gasteiger partial charge in [-0.2, -0.15) is 10.2 Å². The zero-order chi connectivity index (χ0) is 19.0. The lowest BCUT2D eigenvalue weighted by Gasteiger charge is -2.05. The highest BCUT2D eigenvalue weighted by Crippen LogP contribution is 2.14. The number of methoxy groups -OCH3 is 1. The second-order valence-electron chi connectivity index (χ2n) is 5.75. The van der Waals surface area contributed by atoms with Crippen molar-refractivity contribution in [1.82, 2.24) is 29.5 Å². The molecule has 10 nitrogen and oxygen atoms in total. The fraction of sp³-hybridized carbons (Fsp3) is 0.118. The van der Waals surface area contributed by atoms with Gasteiger partial charge in [-0.25, -0.2) is 14.5 Å². The molecule has 10 heteroatoms. The van der Waals surface area contributed by atoms with Gasteiger partial charge in [0.15, 0.2) is 5.52 Å². The molecule has 1 aromatic carbocycles. The van der Waals surface area contributed by atoms with Gasteiger partial charge in [-0.15, -0.1) is 0 Å². The van der Waals surface area contributed by atoms with Crippen LogP contribution >= 0.6 is 0 Å². The fourth-order valence-corrected chi connectivity index (χ4v) is 2.67. The number of rotatable bonds is 5. The number of fused-ring (bicyclic) bond motifs is 1. The number of nitrogens with one attached hydrogen (secondary N) is 1. The van der Waals surface area contributed by atoms with Crippen LogP contribution in [0.15, 0.2) is 47.7 Å². The number of ether oxygens (including phenoxy) is 1. The molecular weight excluding hydrogens is 352 g/mol. The van der Waals surface area contributed by atoms with Gasteiger partial charge in [0.05, 0.1) is 31.6 Å². The van der Waals surface area contributed by atoms with E-state index in [1.165, 1.54) is 23.3 Å². The highest BCUT2D eigenvalue weighted by molar-refractivity contribution is 5.87. The lowest BCUT2D eigenvalue weighted by Crippen LogP contribution is -2.17. The van der Waals surface area contributed by atoms with E-state index in [0.717, 1.165) is 11.3 Å². The predicted octanol–water partition coefficient (Wildman–Crippen LogP) is 1.06. The Labute approximate surface area is 151 Å². The molecule has 0 amide bonds. The quantitative estimate of drug-likeness (QED) is 0.540. The number of benzene rings is 1. The van der Waals surface area contributed by atoms with Crippen molar-refractivity contribution in [3.8, 4) is 11.7 Å². The van der Waals surface area contributed by atoms with Crippen molar-refractivity contribution in [2.75, 3.05) is 7.11 Å². The van der Waals surface area contributed by atoms with Gasteiger partial charge in [0.1, 0.15) is 11.3 Å². The first-order valence-corrected chi connectivity index (χ1v) is 7.92. The molecular formula is C17H14N6O4. The van der Waals surface area contributed by atoms with Crippen molar-refractivity contribution in [3.05, 3.63) is 64.3 Å². The Kier molecular flexibility index (Phi) is 3.92. The molecule has 136 valence electrons. The number of carboxylic acid groups (broad SMARTS) is 1. The van der Waals surface area contributed by atoms with E-state index in [0.29, 0.717) is 17.6 Å². The van der Waals surface area contributed by atoms with Crippen LogP contribution in [-0.2, 0) is 6.54 Å². The van der Waals surface area contributed by atoms with E-state index in [1.54, 1.807) is 11.8 Å². The minimum atomic E-state index is -1.11. The molecule has 0 aliphatic heterocycles. The van der Waals surface area contributed by atoms with Crippen molar-refractivity contribution in [3.63, 3.8) is 0 Å². The third-order valence-electron chi connectivity index (χ3n) is 4.02. The molecule has 4 rings (SSSR count). The Morgan fingerprint density at radius 2 is 2.00 bits per heavy atom. The van der Waals surface area contributed by atoms with Gasteiger partial charge >= 0.3 is 5.97 Å². The number of hydrogen-bond donors (Lipinski definition) is 2. The Morgan fingerprint density at radius 1 is 1.22 bits per heavy atom. The number of aromatic carboxylic acids is 1. The van der Waals surface area contributed by atoms with E-state index in [1.807, 2.05) is 24.3 Å². The second kappa shape index (κ2) is 6.41. The first kappa shape index (κ1) is 16.5. The Morgan fingerprint density at radius 3 is 2.67 bits per heavy atom. The van der Waals surface area contributed by atoms with Crippen molar-refractivity contribution in [1.29, 1.82) is 0 Å². The van der Waals surface area contributed by atoms with Gasteiger partial charge in [-0.05, 0) is 17.7 Å². The van der Waals surface area contributed by atoms with Gasteiger partial charge in [-0.3, -0.25) is 14.5 Å². The van der Waals surface area contributed by atoms with Crippen molar-refractivity contribution < 1.29 is 14.6 Å². The Balaban J connectivity index is 1.70. The van der Waals surface area contributed by atoms with Crippen molar-refractivity contribution in [2.24, 2.45) is 0 Å². The van der Waals surface area contributed by atoms with E-state index in [-0.39, 0.29) is 11.5 Å². The van der Waals surface area contributed by atoms with Crippen LogP contribution in [0.25, 0.3) is 17.0 Å². The van der Waals surface area contributed by atoms with E-state index >= 15 is 0 Å². The van der Waals surface area contributed by atoms with E-state index in [4.69, 9.17) is 9.84 Å². The molecule has 4 aromatic rings. The molecule has 0 aliphatic rings. The number of carboxylic acids is 1. The summed E-state index contributed by atoms with van der Waals surface area (Å²) in [6, 6.07) is 7.44. The number of hydrogen-bond acceptors (Lipinski definition) is 6. The average Bonchev–Trinajstić information content (AvgIpc) is 3.30. The third kappa shape index (κ3) is 3.03. The van der Waals surface area contributed by atoms with Gasteiger partial charge in [0.2, 0.25) is 5.95 Å². The smallest absolute Gasteiger partial charge is 0.338 e. The normalized spacial score (nSPS) is 11.0. The van der Waals surface area contributed by atoms with Crippen molar-refractivity contribution in [2.45, 2.75) is 6.54 Å². The summed E-state index contributed by atoms with van der Waals surface area (Å²) >= 11 is 0. The van der Waals surface area contributed by atoms with Crippen LogP contribution in [0.2, 0.25) is 0 Å². The summed E-state index contributed by atoms with van der Waals surface area (Å²) < 4.78 is 7.89. The van der Waals surface area contributed by atoms with Crippen LogP contribution in [-0.4, -0.2) is 47.7 Å². The maximum absolute atomic E-state index is 12.6. The van der Waals surface area contributed by atoms with E-state index in [2.05, 4.69) is 20.2 Å². The summed E-state index contributed by atoms with van der Waals surface area (Å²) in [6.45, 7) is 0.391. The van der Waals surface area contributed by atoms with Gasteiger partial charge < -0.3 is 9.84 Å². The standard InChI is InChI=1S/C17H14N6O4/c1-27-12-4-2-10(3-5-12)8-22-14-13(7-19-22)20-17(21-15(14)24)23-9-11(6-18-23)16(25)26/h2-7,9H,8H2,1H3,(H,25,26)(H,20,21,24). The maximum Gasteiger partial charge on any atom is 0.338 e. The average molecular weight is 366 g/mol. The van der Waals surface area contributed by atoms with Crippen LogP contribution in [0, 0.1) is 0 Å². The van der Waals surface area contributed by atoms with E-state index in [9.17, 15) is 9.59 Å². The summed E-state index contributed by atoms with van der Waals surface area (Å²) in [7, 11) is 1.60. The van der Waals surface area contributed by atoms with Crippen LogP contribution in [0.5, 0.6) is 5.75 Å². The molecule has 0 fully saturated rings. The number of H-pyrrole nitrogens is 1. The summed E-state index contributed by atoms with van der Waals surface area (Å²) in [6.07, 6.45) is 3.94. The third-order valence-corrected chi connectivity index (χ3v) is 4.02. The summed E-state index contributed by atoms with van der Waals surface area (Å²) in [4.78, 5) is 30.5. The molecule has 0 atom stereocenters.